The Morgan fingerprint density at radius 2 is 1.85 bits per heavy atom. The van der Waals surface area contributed by atoms with E-state index in [1.807, 2.05) is 43.3 Å². The van der Waals surface area contributed by atoms with Crippen LogP contribution < -0.4 is 15.7 Å². The number of nitrogens with one attached hydrogen (secondary N) is 1. The fraction of sp³-hybridized carbons (Fsp3) is 0.320. The predicted octanol–water partition coefficient (Wildman–Crippen LogP) is 5.33. The third-order valence-corrected chi connectivity index (χ3v) is 7.51. The smallest absolute Gasteiger partial charge is 0.408 e. The number of fused-ring (bicyclic) bond motifs is 1. The maximum Gasteiger partial charge on any atom is 0.408 e. The van der Waals surface area contributed by atoms with E-state index in [-0.39, 0.29) is 11.4 Å². The summed E-state index contributed by atoms with van der Waals surface area (Å²) in [5.41, 5.74) is 2.80. The van der Waals surface area contributed by atoms with E-state index in [4.69, 9.17) is 13.9 Å². The van der Waals surface area contributed by atoms with Crippen molar-refractivity contribution in [3.63, 3.8) is 0 Å². The van der Waals surface area contributed by atoms with Crippen molar-refractivity contribution in [2.75, 3.05) is 5.33 Å². The van der Waals surface area contributed by atoms with E-state index < -0.39 is 23.7 Å². The summed E-state index contributed by atoms with van der Waals surface area (Å²) in [4.78, 5) is 37.0. The van der Waals surface area contributed by atoms with E-state index in [0.717, 1.165) is 22.1 Å². The number of alkyl carbamates (subject to hydrolysis) is 1. The van der Waals surface area contributed by atoms with Gasteiger partial charge in [0, 0.05) is 27.2 Å². The molecule has 3 rings (SSSR count). The number of carbonyl (C=O) groups is 2. The van der Waals surface area contributed by atoms with Crippen molar-refractivity contribution in [3.8, 4) is 5.75 Å². The van der Waals surface area contributed by atoms with Crippen LogP contribution in [0.1, 0.15) is 29.2 Å². The number of hydrogen-bond acceptors (Lipinski definition) is 6. The summed E-state index contributed by atoms with van der Waals surface area (Å²) in [5.74, 6) is -0.358. The number of hydrogen-bond donors (Lipinski definition) is 1. The van der Waals surface area contributed by atoms with E-state index in [9.17, 15) is 14.4 Å². The molecule has 2 atom stereocenters. The van der Waals surface area contributed by atoms with E-state index in [2.05, 4.69) is 37.2 Å². The van der Waals surface area contributed by atoms with Crippen molar-refractivity contribution in [3.05, 3.63) is 75.1 Å². The van der Waals surface area contributed by atoms with Crippen molar-refractivity contribution in [1.82, 2.24) is 5.32 Å². The second-order valence-electron chi connectivity index (χ2n) is 7.92. The van der Waals surface area contributed by atoms with Crippen LogP contribution in [-0.2, 0) is 22.6 Å². The molecule has 2 aromatic carbocycles. The molecule has 180 valence electrons. The molecule has 0 saturated heterocycles. The zero-order valence-corrected chi connectivity index (χ0v) is 22.2. The summed E-state index contributed by atoms with van der Waals surface area (Å²) in [5, 5.41) is 3.95. The molecule has 0 fully saturated rings. The predicted molar refractivity (Wildman–Crippen MR) is 137 cm³/mol. The molecule has 0 aliphatic carbocycles. The van der Waals surface area contributed by atoms with Gasteiger partial charge in [0.05, 0.1) is 0 Å². The van der Waals surface area contributed by atoms with Gasteiger partial charge in [-0.3, -0.25) is 0 Å². The van der Waals surface area contributed by atoms with Gasteiger partial charge in [-0.2, -0.15) is 0 Å². The number of aryl methyl sites for hydroxylation is 2. The van der Waals surface area contributed by atoms with Crippen molar-refractivity contribution < 1.29 is 23.5 Å². The zero-order valence-electron chi connectivity index (χ0n) is 19.0. The number of halogens is 2. The highest BCUT2D eigenvalue weighted by Crippen LogP contribution is 2.34. The first-order valence-electron chi connectivity index (χ1n) is 10.7. The van der Waals surface area contributed by atoms with Crippen LogP contribution >= 0.6 is 31.9 Å². The van der Waals surface area contributed by atoms with Gasteiger partial charge in [0.1, 0.15) is 24.0 Å². The number of carbonyl (C=O) groups excluding carboxylic acids is 2. The monoisotopic (exact) mass is 593 g/mol. The molecule has 0 saturated carbocycles. The molecule has 1 amide bonds. The summed E-state index contributed by atoms with van der Waals surface area (Å²) in [6, 6.07) is 11.6. The molecule has 7 nitrogen and oxygen atoms in total. The molecule has 34 heavy (non-hydrogen) atoms. The Bertz CT molecular complexity index is 1240. The molecule has 0 spiro atoms. The van der Waals surface area contributed by atoms with Gasteiger partial charge < -0.3 is 19.2 Å². The van der Waals surface area contributed by atoms with Gasteiger partial charge in [-0.15, -0.1) is 0 Å². The van der Waals surface area contributed by atoms with Gasteiger partial charge in [0.2, 0.25) is 0 Å². The quantitative estimate of drug-likeness (QED) is 0.164. The number of ether oxygens (including phenoxy) is 2. The molecular weight excluding hydrogens is 570 g/mol. The molecule has 0 unspecified atom stereocenters. The lowest BCUT2D eigenvalue weighted by molar-refractivity contribution is -0.136. The Kier molecular flexibility index (Phi) is 8.90. The second-order valence-corrected chi connectivity index (χ2v) is 9.86. The minimum atomic E-state index is -0.966. The van der Waals surface area contributed by atoms with Gasteiger partial charge in [-0.05, 0) is 49.9 Å². The zero-order chi connectivity index (χ0) is 24.8. The molecule has 0 aliphatic heterocycles. The standard InChI is InChI=1S/C25H25Br2NO6/c1-14-9-21(29)33-23-15(2)22(18(11-20(14)23)10-19(27)12-26)34-24(30)16(3)28-25(31)32-13-17-7-5-4-6-8-17/h4-9,11,16,19H,10,12-13H2,1-3H3,(H,28,31)/t16-,19-/m0/s1. The maximum absolute atomic E-state index is 12.8. The highest BCUT2D eigenvalue weighted by atomic mass is 79.9. The average Bonchev–Trinajstić information content (AvgIpc) is 2.81. The summed E-state index contributed by atoms with van der Waals surface area (Å²) in [6.07, 6.45) is -0.172. The molecular formula is C25H25Br2NO6. The molecule has 0 bridgehead atoms. The van der Waals surface area contributed by atoms with Crippen molar-refractivity contribution in [1.29, 1.82) is 0 Å². The second kappa shape index (κ2) is 11.7. The number of amides is 1. The molecule has 3 aromatic rings. The molecule has 0 radical (unpaired) electrons. The van der Waals surface area contributed by atoms with Crippen LogP contribution in [0, 0.1) is 13.8 Å². The minimum absolute atomic E-state index is 0.0833. The Morgan fingerprint density at radius 1 is 1.15 bits per heavy atom. The third-order valence-electron chi connectivity index (χ3n) is 5.21. The summed E-state index contributed by atoms with van der Waals surface area (Å²) in [6.45, 7) is 5.16. The lowest BCUT2D eigenvalue weighted by atomic mass is 9.99. The Morgan fingerprint density at radius 3 is 2.53 bits per heavy atom. The minimum Gasteiger partial charge on any atom is -0.445 e. The molecule has 9 heteroatoms. The van der Waals surface area contributed by atoms with Gasteiger partial charge in [-0.1, -0.05) is 62.2 Å². The first-order valence-corrected chi connectivity index (χ1v) is 12.7. The number of rotatable bonds is 8. The van der Waals surface area contributed by atoms with Crippen LogP contribution in [0.3, 0.4) is 0 Å². The molecule has 1 heterocycles. The third kappa shape index (κ3) is 6.48. The van der Waals surface area contributed by atoms with Crippen molar-refractivity contribution in [2.24, 2.45) is 0 Å². The van der Waals surface area contributed by atoms with Gasteiger partial charge in [0.15, 0.2) is 0 Å². The first kappa shape index (κ1) is 26.0. The lowest BCUT2D eigenvalue weighted by Crippen LogP contribution is -2.41. The Hall–Kier alpha value is -2.65. The van der Waals surface area contributed by atoms with Gasteiger partial charge >= 0.3 is 17.7 Å². The lowest BCUT2D eigenvalue weighted by Gasteiger charge is -2.19. The number of esters is 1. The first-order chi connectivity index (χ1) is 16.2. The summed E-state index contributed by atoms with van der Waals surface area (Å²) in [7, 11) is 0. The van der Waals surface area contributed by atoms with E-state index in [1.54, 1.807) is 6.92 Å². The van der Waals surface area contributed by atoms with E-state index in [1.165, 1.54) is 13.0 Å². The van der Waals surface area contributed by atoms with Crippen LogP contribution in [0.4, 0.5) is 4.79 Å². The highest BCUT2D eigenvalue weighted by Gasteiger charge is 2.24. The summed E-state index contributed by atoms with van der Waals surface area (Å²) < 4.78 is 16.3. The van der Waals surface area contributed by atoms with Crippen molar-refractivity contribution in [2.45, 2.75) is 44.7 Å². The fourth-order valence-electron chi connectivity index (χ4n) is 3.44. The largest absolute Gasteiger partial charge is 0.445 e. The normalized spacial score (nSPS) is 12.7. The molecule has 1 N–H and O–H groups in total. The summed E-state index contributed by atoms with van der Waals surface area (Å²) >= 11 is 7.04. The number of alkyl halides is 2. The van der Waals surface area contributed by atoms with Crippen LogP contribution in [0.5, 0.6) is 5.75 Å². The number of benzene rings is 2. The van der Waals surface area contributed by atoms with Gasteiger partial charge in [0.25, 0.3) is 0 Å². The van der Waals surface area contributed by atoms with Crippen LogP contribution in [0.15, 0.2) is 51.7 Å². The van der Waals surface area contributed by atoms with E-state index in [0.29, 0.717) is 28.6 Å². The topological polar surface area (TPSA) is 94.8 Å². The maximum atomic E-state index is 12.8. The van der Waals surface area contributed by atoms with Gasteiger partial charge in [-0.25, -0.2) is 14.4 Å². The highest BCUT2D eigenvalue weighted by molar-refractivity contribution is 9.12. The Balaban J connectivity index is 1.80. The Labute approximate surface area is 214 Å². The average molecular weight is 595 g/mol. The van der Waals surface area contributed by atoms with E-state index >= 15 is 0 Å². The molecule has 0 aliphatic rings. The van der Waals surface area contributed by atoms with Crippen molar-refractivity contribution >= 4 is 54.9 Å². The molecule has 1 aromatic heterocycles. The van der Waals surface area contributed by atoms with Crippen LogP contribution in [-0.4, -0.2) is 28.3 Å². The van der Waals surface area contributed by atoms with Crippen LogP contribution in [0.25, 0.3) is 11.0 Å². The SMILES string of the molecule is Cc1cc(=O)oc2c(C)c(OC(=O)[C@H](C)NC(=O)OCc3ccccc3)c(C[C@H](Br)CBr)cc12. The van der Waals surface area contributed by atoms with Crippen LogP contribution in [0.2, 0.25) is 0 Å². The fourth-order valence-corrected chi connectivity index (χ4v) is 4.01.